The SMILES string of the molecule is CC(C)N1CCC(=Cc2ccc(-c3cnc(Nc4ccc(F)cc4)nc3N)nc2)CC1. The maximum atomic E-state index is 13.0. The Bertz CT molecular complexity index is 1050. The van der Waals surface area contributed by atoms with Gasteiger partial charge in [-0.25, -0.2) is 9.37 Å². The van der Waals surface area contributed by atoms with Crippen LogP contribution in [-0.4, -0.2) is 39.0 Å². The molecule has 1 saturated heterocycles. The predicted molar refractivity (Wildman–Crippen MR) is 123 cm³/mol. The molecule has 0 unspecified atom stereocenters. The second-order valence-electron chi connectivity index (χ2n) is 8.03. The van der Waals surface area contributed by atoms with Crippen molar-refractivity contribution in [2.75, 3.05) is 24.1 Å². The predicted octanol–water partition coefficient (Wildman–Crippen LogP) is 4.89. The summed E-state index contributed by atoms with van der Waals surface area (Å²) in [5, 5.41) is 3.01. The van der Waals surface area contributed by atoms with Crippen LogP contribution >= 0.6 is 0 Å². The topological polar surface area (TPSA) is 80.0 Å². The summed E-state index contributed by atoms with van der Waals surface area (Å²) < 4.78 is 13.0. The highest BCUT2D eigenvalue weighted by atomic mass is 19.1. The zero-order chi connectivity index (χ0) is 21.8. The van der Waals surface area contributed by atoms with Crippen LogP contribution in [0.25, 0.3) is 17.3 Å². The number of hydrogen-bond donors (Lipinski definition) is 2. The highest BCUT2D eigenvalue weighted by molar-refractivity contribution is 5.72. The van der Waals surface area contributed by atoms with E-state index in [2.05, 4.69) is 45.1 Å². The third kappa shape index (κ3) is 5.24. The molecular formula is C24H27FN6. The standard InChI is InChI=1S/C24H27FN6/c1-16(2)31-11-9-17(10-12-31)13-18-3-8-22(27-14-18)21-15-28-24(30-23(21)26)29-20-6-4-19(25)5-7-20/h3-8,13-16H,9-12H2,1-2H3,(H3,26,28,29,30). The number of benzene rings is 1. The van der Waals surface area contributed by atoms with E-state index in [0.717, 1.165) is 37.2 Å². The normalized spacial score (nSPS) is 14.6. The Labute approximate surface area is 182 Å². The Morgan fingerprint density at radius 2 is 1.77 bits per heavy atom. The summed E-state index contributed by atoms with van der Waals surface area (Å²) in [5.74, 6) is 0.383. The van der Waals surface area contributed by atoms with E-state index in [9.17, 15) is 4.39 Å². The summed E-state index contributed by atoms with van der Waals surface area (Å²) in [6.07, 6.45) is 7.95. The minimum absolute atomic E-state index is 0.299. The van der Waals surface area contributed by atoms with Gasteiger partial charge in [0.15, 0.2) is 0 Å². The Morgan fingerprint density at radius 1 is 1.03 bits per heavy atom. The van der Waals surface area contributed by atoms with Gasteiger partial charge >= 0.3 is 0 Å². The largest absolute Gasteiger partial charge is 0.383 e. The van der Waals surface area contributed by atoms with Gasteiger partial charge in [0.25, 0.3) is 0 Å². The number of nitrogens with two attached hydrogens (primary N) is 1. The van der Waals surface area contributed by atoms with E-state index in [1.54, 1.807) is 18.3 Å². The van der Waals surface area contributed by atoms with Crippen LogP contribution in [0.1, 0.15) is 32.3 Å². The Hall–Kier alpha value is -3.32. The summed E-state index contributed by atoms with van der Waals surface area (Å²) >= 11 is 0. The molecule has 1 aliphatic rings. The number of halogens is 1. The molecule has 7 heteroatoms. The number of likely N-dealkylation sites (tertiary alicyclic amines) is 1. The first-order chi connectivity index (χ1) is 15.0. The van der Waals surface area contributed by atoms with E-state index in [-0.39, 0.29) is 5.82 Å². The zero-order valence-corrected chi connectivity index (χ0v) is 17.8. The van der Waals surface area contributed by atoms with Crippen molar-refractivity contribution in [3.05, 3.63) is 65.7 Å². The number of nitrogens with one attached hydrogen (secondary N) is 1. The first-order valence-corrected chi connectivity index (χ1v) is 10.5. The van der Waals surface area contributed by atoms with E-state index in [0.29, 0.717) is 29.1 Å². The molecule has 1 aliphatic heterocycles. The summed E-state index contributed by atoms with van der Waals surface area (Å²) in [7, 11) is 0. The average molecular weight is 419 g/mol. The van der Waals surface area contributed by atoms with Gasteiger partial charge in [-0.3, -0.25) is 4.98 Å². The summed E-state index contributed by atoms with van der Waals surface area (Å²) in [5.41, 5.74) is 10.8. The lowest BCUT2D eigenvalue weighted by molar-refractivity contribution is 0.208. The molecule has 3 heterocycles. The molecule has 3 aromatic rings. The molecule has 0 aliphatic carbocycles. The molecule has 2 aromatic heterocycles. The number of piperidine rings is 1. The molecule has 3 N–H and O–H groups in total. The fourth-order valence-electron chi connectivity index (χ4n) is 3.67. The number of aromatic nitrogens is 3. The molecule has 160 valence electrons. The first kappa shape index (κ1) is 20.9. The van der Waals surface area contributed by atoms with Crippen LogP contribution in [0, 0.1) is 5.82 Å². The summed E-state index contributed by atoms with van der Waals surface area (Å²) in [6.45, 7) is 6.72. The zero-order valence-electron chi connectivity index (χ0n) is 17.8. The number of rotatable bonds is 5. The molecule has 6 nitrogen and oxygen atoms in total. The summed E-state index contributed by atoms with van der Waals surface area (Å²) in [6, 6.07) is 10.6. The van der Waals surface area contributed by atoms with Gasteiger partial charge in [-0.1, -0.05) is 17.7 Å². The molecule has 31 heavy (non-hydrogen) atoms. The Kier molecular flexibility index (Phi) is 6.23. The lowest BCUT2D eigenvalue weighted by Gasteiger charge is -2.31. The average Bonchev–Trinajstić information content (AvgIpc) is 2.77. The molecule has 1 aromatic carbocycles. The molecule has 0 saturated carbocycles. The highest BCUT2D eigenvalue weighted by Gasteiger charge is 2.16. The number of nitrogens with zero attached hydrogens (tertiary/aromatic N) is 4. The fraction of sp³-hybridized carbons (Fsp3) is 0.292. The number of nitrogen functional groups attached to an aromatic ring is 1. The molecule has 4 rings (SSSR count). The molecule has 0 spiro atoms. The highest BCUT2D eigenvalue weighted by Crippen LogP contribution is 2.25. The fourth-order valence-corrected chi connectivity index (χ4v) is 3.67. The van der Waals surface area contributed by atoms with Crippen LogP contribution < -0.4 is 11.1 Å². The molecule has 0 bridgehead atoms. The maximum Gasteiger partial charge on any atom is 0.229 e. The Morgan fingerprint density at radius 3 is 2.39 bits per heavy atom. The molecule has 0 radical (unpaired) electrons. The van der Waals surface area contributed by atoms with Gasteiger partial charge in [-0.15, -0.1) is 0 Å². The van der Waals surface area contributed by atoms with Crippen LogP contribution in [0.2, 0.25) is 0 Å². The van der Waals surface area contributed by atoms with Gasteiger partial charge in [0.1, 0.15) is 11.6 Å². The first-order valence-electron chi connectivity index (χ1n) is 10.5. The van der Waals surface area contributed by atoms with Gasteiger partial charge in [-0.05, 0) is 62.6 Å². The number of hydrogen-bond acceptors (Lipinski definition) is 6. The van der Waals surface area contributed by atoms with E-state index in [1.165, 1.54) is 17.7 Å². The minimum atomic E-state index is -0.299. The van der Waals surface area contributed by atoms with Crippen LogP contribution in [0.15, 0.2) is 54.4 Å². The smallest absolute Gasteiger partial charge is 0.229 e. The van der Waals surface area contributed by atoms with Gasteiger partial charge in [0, 0.05) is 37.2 Å². The quantitative estimate of drug-likeness (QED) is 0.614. The molecule has 1 fully saturated rings. The van der Waals surface area contributed by atoms with E-state index < -0.39 is 0 Å². The molecular weight excluding hydrogens is 391 g/mol. The third-order valence-corrected chi connectivity index (χ3v) is 5.52. The van der Waals surface area contributed by atoms with Gasteiger partial charge in [0.05, 0.1) is 11.3 Å². The second-order valence-corrected chi connectivity index (χ2v) is 8.03. The number of pyridine rings is 1. The van der Waals surface area contributed by atoms with E-state index >= 15 is 0 Å². The van der Waals surface area contributed by atoms with Crippen molar-refractivity contribution in [3.63, 3.8) is 0 Å². The van der Waals surface area contributed by atoms with Crippen molar-refractivity contribution in [1.29, 1.82) is 0 Å². The van der Waals surface area contributed by atoms with Gasteiger partial charge < -0.3 is 16.0 Å². The van der Waals surface area contributed by atoms with Crippen LogP contribution in [0.4, 0.5) is 21.8 Å². The monoisotopic (exact) mass is 418 g/mol. The lowest BCUT2D eigenvalue weighted by atomic mass is 10.0. The van der Waals surface area contributed by atoms with Crippen molar-refractivity contribution < 1.29 is 4.39 Å². The van der Waals surface area contributed by atoms with Crippen molar-refractivity contribution in [1.82, 2.24) is 19.9 Å². The minimum Gasteiger partial charge on any atom is -0.383 e. The summed E-state index contributed by atoms with van der Waals surface area (Å²) in [4.78, 5) is 15.7. The van der Waals surface area contributed by atoms with Gasteiger partial charge in [0.2, 0.25) is 5.95 Å². The van der Waals surface area contributed by atoms with Crippen LogP contribution in [0.5, 0.6) is 0 Å². The number of anilines is 3. The molecule has 0 amide bonds. The maximum absolute atomic E-state index is 13.0. The van der Waals surface area contributed by atoms with Crippen molar-refractivity contribution >= 4 is 23.5 Å². The Balaban J connectivity index is 1.44. The van der Waals surface area contributed by atoms with E-state index in [4.69, 9.17) is 5.73 Å². The van der Waals surface area contributed by atoms with E-state index in [1.807, 2.05) is 18.3 Å². The van der Waals surface area contributed by atoms with Crippen LogP contribution in [-0.2, 0) is 0 Å². The van der Waals surface area contributed by atoms with Gasteiger partial charge in [-0.2, -0.15) is 4.98 Å². The van der Waals surface area contributed by atoms with Crippen LogP contribution in [0.3, 0.4) is 0 Å². The van der Waals surface area contributed by atoms with Crippen molar-refractivity contribution in [2.24, 2.45) is 0 Å². The second kappa shape index (κ2) is 9.22. The third-order valence-electron chi connectivity index (χ3n) is 5.52. The van der Waals surface area contributed by atoms with Crippen molar-refractivity contribution in [2.45, 2.75) is 32.7 Å². The lowest BCUT2D eigenvalue weighted by Crippen LogP contribution is -2.36. The molecule has 0 atom stereocenters. The van der Waals surface area contributed by atoms with Crippen molar-refractivity contribution in [3.8, 4) is 11.3 Å².